The third-order valence-corrected chi connectivity index (χ3v) is 4.50. The number of hydrogen-bond acceptors (Lipinski definition) is 5. The predicted molar refractivity (Wildman–Crippen MR) is 86.2 cm³/mol. The SMILES string of the molecule is Cc1cc(F)ccc1C(=O)N(C)C1CN(C(=O)Cn2nnnc2C)C1. The molecular weight excluding hydrogens is 327 g/mol. The first-order valence-electron chi connectivity index (χ1n) is 7.90. The molecule has 3 rings (SSSR count). The number of carbonyl (C=O) groups excluding carboxylic acids is 2. The van der Waals surface area contributed by atoms with E-state index >= 15 is 0 Å². The van der Waals surface area contributed by atoms with Crippen molar-refractivity contribution in [3.05, 3.63) is 41.0 Å². The van der Waals surface area contributed by atoms with Crippen molar-refractivity contribution in [3.8, 4) is 0 Å². The van der Waals surface area contributed by atoms with Crippen LogP contribution in [0.3, 0.4) is 0 Å². The Bertz CT molecular complexity index is 815. The highest BCUT2D eigenvalue weighted by molar-refractivity contribution is 5.95. The molecule has 1 aromatic heterocycles. The van der Waals surface area contributed by atoms with Crippen LogP contribution >= 0.6 is 0 Å². The molecule has 2 amide bonds. The van der Waals surface area contributed by atoms with Crippen LogP contribution < -0.4 is 0 Å². The van der Waals surface area contributed by atoms with Gasteiger partial charge in [-0.05, 0) is 48.0 Å². The van der Waals surface area contributed by atoms with E-state index in [1.165, 1.54) is 22.9 Å². The summed E-state index contributed by atoms with van der Waals surface area (Å²) in [7, 11) is 1.70. The van der Waals surface area contributed by atoms with E-state index in [1.807, 2.05) is 0 Å². The molecule has 0 bridgehead atoms. The fraction of sp³-hybridized carbons (Fsp3) is 0.438. The number of tetrazole rings is 1. The van der Waals surface area contributed by atoms with Crippen LogP contribution in [0.5, 0.6) is 0 Å². The molecule has 0 spiro atoms. The van der Waals surface area contributed by atoms with Gasteiger partial charge in [-0.15, -0.1) is 5.10 Å². The van der Waals surface area contributed by atoms with E-state index in [-0.39, 0.29) is 30.2 Å². The first kappa shape index (κ1) is 17.0. The van der Waals surface area contributed by atoms with Crippen molar-refractivity contribution in [2.45, 2.75) is 26.4 Å². The number of amides is 2. The van der Waals surface area contributed by atoms with Gasteiger partial charge in [0.05, 0.1) is 6.04 Å². The molecule has 0 radical (unpaired) electrons. The molecule has 1 aliphatic heterocycles. The Balaban J connectivity index is 1.57. The van der Waals surface area contributed by atoms with Crippen molar-refractivity contribution in [2.24, 2.45) is 0 Å². The molecule has 1 fully saturated rings. The third-order valence-electron chi connectivity index (χ3n) is 4.50. The number of benzene rings is 1. The van der Waals surface area contributed by atoms with Gasteiger partial charge in [-0.2, -0.15) is 0 Å². The number of halogens is 1. The topological polar surface area (TPSA) is 84.2 Å². The second kappa shape index (κ2) is 6.58. The zero-order valence-corrected chi connectivity index (χ0v) is 14.3. The summed E-state index contributed by atoms with van der Waals surface area (Å²) in [4.78, 5) is 28.0. The van der Waals surface area contributed by atoms with Gasteiger partial charge in [0.1, 0.15) is 18.2 Å². The zero-order chi connectivity index (χ0) is 18.1. The molecule has 0 saturated carbocycles. The first-order chi connectivity index (χ1) is 11.9. The number of likely N-dealkylation sites (N-methyl/N-ethyl adjacent to an activating group) is 1. The summed E-state index contributed by atoms with van der Waals surface area (Å²) in [6.45, 7) is 4.43. The van der Waals surface area contributed by atoms with Crippen molar-refractivity contribution in [2.75, 3.05) is 20.1 Å². The summed E-state index contributed by atoms with van der Waals surface area (Å²) >= 11 is 0. The minimum Gasteiger partial charge on any atom is -0.337 e. The van der Waals surface area contributed by atoms with E-state index in [0.29, 0.717) is 30.0 Å². The van der Waals surface area contributed by atoms with E-state index in [1.54, 1.807) is 30.7 Å². The molecule has 1 saturated heterocycles. The number of carbonyl (C=O) groups is 2. The molecule has 0 unspecified atom stereocenters. The molecule has 0 atom stereocenters. The lowest BCUT2D eigenvalue weighted by Crippen LogP contribution is -2.61. The second-order valence-corrected chi connectivity index (χ2v) is 6.21. The van der Waals surface area contributed by atoms with Gasteiger partial charge >= 0.3 is 0 Å². The van der Waals surface area contributed by atoms with Crippen molar-refractivity contribution >= 4 is 11.8 Å². The number of rotatable bonds is 4. The van der Waals surface area contributed by atoms with E-state index in [0.717, 1.165) is 0 Å². The van der Waals surface area contributed by atoms with Crippen molar-refractivity contribution < 1.29 is 14.0 Å². The first-order valence-corrected chi connectivity index (χ1v) is 7.90. The summed E-state index contributed by atoms with van der Waals surface area (Å²) in [6.07, 6.45) is 0. The summed E-state index contributed by atoms with van der Waals surface area (Å²) in [5.74, 6) is -0.0594. The van der Waals surface area contributed by atoms with Gasteiger partial charge in [0.15, 0.2) is 0 Å². The van der Waals surface area contributed by atoms with Crippen LogP contribution in [-0.2, 0) is 11.3 Å². The number of aromatic nitrogens is 4. The third kappa shape index (κ3) is 3.35. The molecular formula is C16H19FN6O2. The van der Waals surface area contributed by atoms with Crippen LogP contribution in [0.2, 0.25) is 0 Å². The fourth-order valence-electron chi connectivity index (χ4n) is 2.75. The smallest absolute Gasteiger partial charge is 0.254 e. The standard InChI is InChI=1S/C16H19FN6O2/c1-10-6-12(17)4-5-14(10)16(25)21(3)13-7-22(8-13)15(24)9-23-11(2)18-19-20-23/h4-6,13H,7-9H2,1-3H3. The molecule has 1 aromatic carbocycles. The number of aryl methyl sites for hydroxylation is 2. The van der Waals surface area contributed by atoms with Crippen LogP contribution in [0, 0.1) is 19.7 Å². The predicted octanol–water partition coefficient (Wildman–Crippen LogP) is 0.412. The van der Waals surface area contributed by atoms with Gasteiger partial charge in [-0.3, -0.25) is 9.59 Å². The average molecular weight is 346 g/mol. The highest BCUT2D eigenvalue weighted by atomic mass is 19.1. The molecule has 9 heteroatoms. The van der Waals surface area contributed by atoms with Crippen molar-refractivity contribution in [1.29, 1.82) is 0 Å². The van der Waals surface area contributed by atoms with Gasteiger partial charge in [-0.1, -0.05) is 0 Å². The highest BCUT2D eigenvalue weighted by Crippen LogP contribution is 2.19. The van der Waals surface area contributed by atoms with E-state index < -0.39 is 0 Å². The molecule has 1 aliphatic rings. The van der Waals surface area contributed by atoms with Crippen LogP contribution in [-0.4, -0.2) is 68.0 Å². The Morgan fingerprint density at radius 3 is 2.64 bits per heavy atom. The number of likely N-dealkylation sites (tertiary alicyclic amines) is 1. The number of nitrogens with zero attached hydrogens (tertiary/aromatic N) is 6. The van der Waals surface area contributed by atoms with Crippen molar-refractivity contribution in [3.63, 3.8) is 0 Å². The van der Waals surface area contributed by atoms with Crippen LogP contribution in [0.15, 0.2) is 18.2 Å². The minimum absolute atomic E-state index is 0.0594. The van der Waals surface area contributed by atoms with Gasteiger partial charge in [0.25, 0.3) is 5.91 Å². The average Bonchev–Trinajstić information content (AvgIpc) is 2.90. The maximum atomic E-state index is 13.2. The maximum absolute atomic E-state index is 13.2. The number of hydrogen-bond donors (Lipinski definition) is 0. The van der Waals surface area contributed by atoms with Gasteiger partial charge < -0.3 is 9.80 Å². The molecule has 2 aromatic rings. The van der Waals surface area contributed by atoms with Crippen LogP contribution in [0.25, 0.3) is 0 Å². The van der Waals surface area contributed by atoms with E-state index in [2.05, 4.69) is 15.5 Å². The van der Waals surface area contributed by atoms with Crippen LogP contribution in [0.4, 0.5) is 4.39 Å². The monoisotopic (exact) mass is 346 g/mol. The second-order valence-electron chi connectivity index (χ2n) is 6.21. The Morgan fingerprint density at radius 2 is 2.04 bits per heavy atom. The lowest BCUT2D eigenvalue weighted by molar-refractivity contribution is -0.138. The van der Waals surface area contributed by atoms with Gasteiger partial charge in [0, 0.05) is 25.7 Å². The largest absolute Gasteiger partial charge is 0.337 e. The lowest BCUT2D eigenvalue weighted by Gasteiger charge is -2.44. The summed E-state index contributed by atoms with van der Waals surface area (Å²) in [6, 6.07) is 4.05. The van der Waals surface area contributed by atoms with Crippen LogP contribution in [0.1, 0.15) is 21.7 Å². The molecule has 25 heavy (non-hydrogen) atoms. The van der Waals surface area contributed by atoms with E-state index in [9.17, 15) is 14.0 Å². The Hall–Kier alpha value is -2.84. The molecule has 0 aliphatic carbocycles. The normalized spacial score (nSPS) is 14.3. The Kier molecular flexibility index (Phi) is 4.47. The molecule has 8 nitrogen and oxygen atoms in total. The summed E-state index contributed by atoms with van der Waals surface area (Å²) < 4.78 is 14.6. The quantitative estimate of drug-likeness (QED) is 0.801. The zero-order valence-electron chi connectivity index (χ0n) is 14.3. The Morgan fingerprint density at radius 1 is 1.32 bits per heavy atom. The summed E-state index contributed by atoms with van der Waals surface area (Å²) in [5.41, 5.74) is 1.07. The Labute approximate surface area is 144 Å². The van der Waals surface area contributed by atoms with Gasteiger partial charge in [-0.25, -0.2) is 9.07 Å². The highest BCUT2D eigenvalue weighted by Gasteiger charge is 2.36. The molecule has 2 heterocycles. The lowest BCUT2D eigenvalue weighted by atomic mass is 10.0. The molecule has 132 valence electrons. The minimum atomic E-state index is -0.366. The van der Waals surface area contributed by atoms with Crippen molar-refractivity contribution in [1.82, 2.24) is 30.0 Å². The summed E-state index contributed by atoms with van der Waals surface area (Å²) in [5, 5.41) is 11.0. The van der Waals surface area contributed by atoms with E-state index in [4.69, 9.17) is 0 Å². The molecule has 0 N–H and O–H groups in total. The maximum Gasteiger partial charge on any atom is 0.254 e. The fourth-order valence-corrected chi connectivity index (χ4v) is 2.75. The van der Waals surface area contributed by atoms with Gasteiger partial charge in [0.2, 0.25) is 5.91 Å².